The zero-order chi connectivity index (χ0) is 15.4. The highest BCUT2D eigenvalue weighted by Gasteiger charge is 2.61. The molecule has 4 rings (SSSR count). The van der Waals surface area contributed by atoms with Crippen molar-refractivity contribution in [2.75, 3.05) is 4.90 Å². The Morgan fingerprint density at radius 3 is 2.09 bits per heavy atom. The van der Waals surface area contributed by atoms with E-state index in [-0.39, 0.29) is 30.1 Å². The van der Waals surface area contributed by atoms with Crippen molar-refractivity contribution in [2.45, 2.75) is 25.7 Å². The Morgan fingerprint density at radius 1 is 1.05 bits per heavy atom. The predicted molar refractivity (Wildman–Crippen MR) is 78.1 cm³/mol. The van der Waals surface area contributed by atoms with Crippen molar-refractivity contribution in [1.82, 2.24) is 0 Å². The minimum atomic E-state index is -0.896. The number of hydrogen-bond acceptors (Lipinski definition) is 3. The van der Waals surface area contributed by atoms with Crippen LogP contribution in [-0.4, -0.2) is 22.9 Å². The second-order valence-electron chi connectivity index (χ2n) is 6.63. The first-order valence-electron chi connectivity index (χ1n) is 7.75. The molecule has 0 radical (unpaired) electrons. The van der Waals surface area contributed by atoms with E-state index in [0.717, 1.165) is 19.3 Å². The maximum atomic E-state index is 12.7. The van der Waals surface area contributed by atoms with Crippen LogP contribution in [0.3, 0.4) is 0 Å². The number of carbonyl (C=O) groups excluding carboxylic acids is 2. The fraction of sp³-hybridized carbons (Fsp3) is 0.471. The Labute approximate surface area is 127 Å². The van der Waals surface area contributed by atoms with Crippen LogP contribution in [0.2, 0.25) is 0 Å². The number of carboxylic acid groups (broad SMARTS) is 1. The van der Waals surface area contributed by atoms with E-state index in [1.54, 1.807) is 24.3 Å². The molecule has 5 nitrogen and oxygen atoms in total. The molecule has 114 valence electrons. The smallest absolute Gasteiger partial charge is 0.307 e. The highest BCUT2D eigenvalue weighted by atomic mass is 16.4. The van der Waals surface area contributed by atoms with E-state index in [2.05, 4.69) is 0 Å². The summed E-state index contributed by atoms with van der Waals surface area (Å²) >= 11 is 0. The lowest BCUT2D eigenvalue weighted by Crippen LogP contribution is -2.32. The largest absolute Gasteiger partial charge is 0.481 e. The summed E-state index contributed by atoms with van der Waals surface area (Å²) in [5, 5.41) is 8.79. The van der Waals surface area contributed by atoms with Gasteiger partial charge in [-0.2, -0.15) is 0 Å². The molecule has 22 heavy (non-hydrogen) atoms. The molecule has 2 amide bonds. The van der Waals surface area contributed by atoms with Crippen LogP contribution in [-0.2, 0) is 20.8 Å². The number of hydrogen-bond donors (Lipinski definition) is 1. The van der Waals surface area contributed by atoms with Crippen LogP contribution in [0.4, 0.5) is 5.69 Å². The zero-order valence-corrected chi connectivity index (χ0v) is 12.1. The minimum absolute atomic E-state index is 0.0580. The van der Waals surface area contributed by atoms with E-state index in [9.17, 15) is 14.4 Å². The zero-order valence-electron chi connectivity index (χ0n) is 12.1. The molecular weight excluding hydrogens is 282 g/mol. The second kappa shape index (κ2) is 4.66. The van der Waals surface area contributed by atoms with E-state index in [1.165, 1.54) is 4.90 Å². The van der Waals surface area contributed by atoms with Crippen molar-refractivity contribution >= 4 is 23.5 Å². The summed E-state index contributed by atoms with van der Waals surface area (Å²) in [7, 11) is 0. The van der Waals surface area contributed by atoms with Gasteiger partial charge in [0.2, 0.25) is 11.8 Å². The third kappa shape index (κ3) is 1.81. The Bertz CT molecular complexity index is 638. The molecule has 0 aromatic heterocycles. The normalized spacial score (nSPS) is 32.6. The van der Waals surface area contributed by atoms with Gasteiger partial charge in [0.15, 0.2) is 0 Å². The second-order valence-corrected chi connectivity index (χ2v) is 6.63. The SMILES string of the molecule is O=C(O)Cc1ccc(N2C(=O)[C@@H]3[C@@H]4CC[C@@H](C4)[C@@H]3C2=O)cc1. The summed E-state index contributed by atoms with van der Waals surface area (Å²) in [5.41, 5.74) is 1.23. The standard InChI is InChI=1S/C17H17NO4/c19-13(20)7-9-1-5-12(6-2-9)18-16(21)14-10-3-4-11(8-10)15(14)17(18)22/h1-2,5-6,10-11,14-15H,3-4,7-8H2,(H,19,20)/t10-,11+,14-,15+. The monoisotopic (exact) mass is 299 g/mol. The van der Waals surface area contributed by atoms with Gasteiger partial charge in [0.25, 0.3) is 0 Å². The molecule has 1 N–H and O–H groups in total. The average molecular weight is 299 g/mol. The molecule has 3 fully saturated rings. The van der Waals surface area contributed by atoms with Crippen molar-refractivity contribution < 1.29 is 19.5 Å². The average Bonchev–Trinajstić information content (AvgIpc) is 3.14. The molecule has 1 aliphatic heterocycles. The van der Waals surface area contributed by atoms with Crippen molar-refractivity contribution in [3.8, 4) is 0 Å². The van der Waals surface area contributed by atoms with Crippen LogP contribution in [0.1, 0.15) is 24.8 Å². The molecule has 2 aliphatic carbocycles. The highest BCUT2D eigenvalue weighted by Crippen LogP contribution is 2.56. The van der Waals surface area contributed by atoms with Gasteiger partial charge in [0.05, 0.1) is 23.9 Å². The van der Waals surface area contributed by atoms with Gasteiger partial charge in [0, 0.05) is 0 Å². The van der Waals surface area contributed by atoms with Crippen LogP contribution in [0.5, 0.6) is 0 Å². The molecule has 0 unspecified atom stereocenters. The quantitative estimate of drug-likeness (QED) is 0.864. The van der Waals surface area contributed by atoms with Crippen molar-refractivity contribution in [3.63, 3.8) is 0 Å². The first kappa shape index (κ1) is 13.5. The van der Waals surface area contributed by atoms with E-state index in [4.69, 9.17) is 5.11 Å². The fourth-order valence-corrected chi connectivity index (χ4v) is 4.60. The molecule has 1 aromatic rings. The number of carbonyl (C=O) groups is 3. The van der Waals surface area contributed by atoms with Crippen LogP contribution in [0.15, 0.2) is 24.3 Å². The number of carboxylic acids is 1. The molecule has 1 aromatic carbocycles. The van der Waals surface area contributed by atoms with Crippen LogP contribution >= 0.6 is 0 Å². The van der Waals surface area contributed by atoms with Crippen LogP contribution < -0.4 is 4.90 Å². The third-order valence-electron chi connectivity index (χ3n) is 5.48. The molecule has 2 saturated carbocycles. The Hall–Kier alpha value is -2.17. The minimum Gasteiger partial charge on any atom is -0.481 e. The fourth-order valence-electron chi connectivity index (χ4n) is 4.60. The van der Waals surface area contributed by atoms with Gasteiger partial charge in [-0.15, -0.1) is 0 Å². The number of rotatable bonds is 3. The van der Waals surface area contributed by atoms with Crippen LogP contribution in [0.25, 0.3) is 0 Å². The van der Waals surface area contributed by atoms with Crippen molar-refractivity contribution in [3.05, 3.63) is 29.8 Å². The van der Waals surface area contributed by atoms with E-state index < -0.39 is 5.97 Å². The van der Waals surface area contributed by atoms with Gasteiger partial charge in [-0.3, -0.25) is 19.3 Å². The summed E-state index contributed by atoms with van der Waals surface area (Å²) in [6.07, 6.45) is 3.10. The number of amides is 2. The number of aliphatic carboxylic acids is 1. The first-order valence-corrected chi connectivity index (χ1v) is 7.75. The third-order valence-corrected chi connectivity index (χ3v) is 5.48. The summed E-state index contributed by atoms with van der Waals surface area (Å²) < 4.78 is 0. The first-order chi connectivity index (χ1) is 10.6. The number of nitrogens with zero attached hydrogens (tertiary/aromatic N) is 1. The van der Waals surface area contributed by atoms with Crippen molar-refractivity contribution in [1.29, 1.82) is 0 Å². The van der Waals surface area contributed by atoms with Gasteiger partial charge in [-0.1, -0.05) is 12.1 Å². The molecule has 1 saturated heterocycles. The summed E-state index contributed by atoms with van der Waals surface area (Å²) in [6, 6.07) is 6.70. The van der Waals surface area contributed by atoms with E-state index in [0.29, 0.717) is 23.1 Å². The summed E-state index contributed by atoms with van der Waals surface area (Å²) in [4.78, 5) is 37.4. The summed E-state index contributed by atoms with van der Waals surface area (Å²) in [6.45, 7) is 0. The maximum Gasteiger partial charge on any atom is 0.307 e. The maximum absolute atomic E-state index is 12.7. The molecule has 0 spiro atoms. The van der Waals surface area contributed by atoms with Gasteiger partial charge >= 0.3 is 5.97 Å². The predicted octanol–water partition coefficient (Wildman–Crippen LogP) is 1.85. The van der Waals surface area contributed by atoms with Gasteiger partial charge in [0.1, 0.15) is 0 Å². The Kier molecular flexibility index (Phi) is 2.86. The lowest BCUT2D eigenvalue weighted by atomic mass is 9.81. The molecule has 3 aliphatic rings. The Morgan fingerprint density at radius 2 is 1.59 bits per heavy atom. The Balaban J connectivity index is 1.62. The molecular formula is C17H17NO4. The van der Waals surface area contributed by atoms with Gasteiger partial charge < -0.3 is 5.11 Å². The molecule has 1 heterocycles. The van der Waals surface area contributed by atoms with Crippen LogP contribution in [0, 0.1) is 23.7 Å². The number of benzene rings is 1. The summed E-state index contributed by atoms with van der Waals surface area (Å²) in [5.74, 6) is -0.506. The van der Waals surface area contributed by atoms with E-state index >= 15 is 0 Å². The van der Waals surface area contributed by atoms with Gasteiger partial charge in [-0.05, 0) is 48.8 Å². The molecule has 2 bridgehead atoms. The number of fused-ring (bicyclic) bond motifs is 5. The molecule has 5 heteroatoms. The number of imide groups is 1. The van der Waals surface area contributed by atoms with E-state index in [1.807, 2.05) is 0 Å². The van der Waals surface area contributed by atoms with Gasteiger partial charge in [-0.25, -0.2) is 0 Å². The molecule has 4 atom stereocenters. The number of anilines is 1. The highest BCUT2D eigenvalue weighted by molar-refractivity contribution is 6.22. The lowest BCUT2D eigenvalue weighted by molar-refractivity contribution is -0.136. The topological polar surface area (TPSA) is 74.7 Å². The van der Waals surface area contributed by atoms with Crippen molar-refractivity contribution in [2.24, 2.45) is 23.7 Å². The lowest BCUT2D eigenvalue weighted by Gasteiger charge is -2.19.